The molecule has 0 aliphatic heterocycles. The summed E-state index contributed by atoms with van der Waals surface area (Å²) in [5.41, 5.74) is 2.29. The molecular weight excluding hydrogens is 236 g/mol. The van der Waals surface area contributed by atoms with E-state index in [9.17, 15) is 8.42 Å². The van der Waals surface area contributed by atoms with E-state index in [1.54, 1.807) is 0 Å². The predicted molar refractivity (Wildman–Crippen MR) is 67.4 cm³/mol. The van der Waals surface area contributed by atoms with E-state index in [4.69, 9.17) is 0 Å². The van der Waals surface area contributed by atoms with Gasteiger partial charge >= 0.3 is 0 Å². The maximum Gasteiger partial charge on any atom is 0.267 e. The Morgan fingerprint density at radius 1 is 1.41 bits per heavy atom. The molecule has 0 saturated heterocycles. The Hall–Kier alpha value is -0.870. The number of hydrogen-bond donors (Lipinski definition) is 0. The normalized spacial score (nSPS) is 18.0. The lowest BCUT2D eigenvalue weighted by atomic mass is 9.95. The molecule has 1 aromatic carbocycles. The van der Waals surface area contributed by atoms with Crippen molar-refractivity contribution >= 4 is 10.1 Å². The van der Waals surface area contributed by atoms with Crippen molar-refractivity contribution in [2.45, 2.75) is 25.7 Å². The summed E-state index contributed by atoms with van der Waals surface area (Å²) in [6.45, 7) is 2.03. The van der Waals surface area contributed by atoms with Gasteiger partial charge in [0.25, 0.3) is 10.1 Å². The van der Waals surface area contributed by atoms with Gasteiger partial charge in [0.2, 0.25) is 0 Å². The average Bonchev–Trinajstić information content (AvgIpc) is 3.10. The number of rotatable bonds is 5. The van der Waals surface area contributed by atoms with Crippen molar-refractivity contribution < 1.29 is 12.6 Å². The standard InChI is InChI=1S/C13H18O3S/c1-10-4-3-5-12(8-10)13(11-6-7-11)9-17(14,15)16-2/h3-5,8,11,13H,6-7,9H2,1-2H3. The monoisotopic (exact) mass is 254 g/mol. The van der Waals surface area contributed by atoms with E-state index in [2.05, 4.69) is 10.2 Å². The molecule has 1 aromatic rings. The Bertz CT molecular complexity index is 489. The van der Waals surface area contributed by atoms with E-state index in [0.717, 1.165) is 18.4 Å². The fourth-order valence-electron chi connectivity index (χ4n) is 2.19. The second kappa shape index (κ2) is 4.78. The van der Waals surface area contributed by atoms with Crippen LogP contribution in [0.3, 0.4) is 0 Å². The fraction of sp³-hybridized carbons (Fsp3) is 0.538. The van der Waals surface area contributed by atoms with E-state index in [1.807, 2.05) is 25.1 Å². The van der Waals surface area contributed by atoms with Gasteiger partial charge < -0.3 is 0 Å². The second-order valence-corrected chi connectivity index (χ2v) is 6.53. The zero-order valence-electron chi connectivity index (χ0n) is 10.2. The molecule has 0 amide bonds. The smallest absolute Gasteiger partial charge is 0.267 e. The SMILES string of the molecule is COS(=O)(=O)CC(c1cccc(C)c1)C1CC1. The van der Waals surface area contributed by atoms with E-state index in [-0.39, 0.29) is 11.7 Å². The summed E-state index contributed by atoms with van der Waals surface area (Å²) in [6.07, 6.45) is 2.25. The minimum atomic E-state index is -3.38. The van der Waals surface area contributed by atoms with Crippen LogP contribution in [0, 0.1) is 12.8 Å². The maximum absolute atomic E-state index is 11.6. The third kappa shape index (κ3) is 3.30. The van der Waals surface area contributed by atoms with Crippen molar-refractivity contribution in [1.29, 1.82) is 0 Å². The summed E-state index contributed by atoms with van der Waals surface area (Å²) in [4.78, 5) is 0. The molecule has 0 bridgehead atoms. The zero-order valence-corrected chi connectivity index (χ0v) is 11.0. The lowest BCUT2D eigenvalue weighted by Gasteiger charge is -2.16. The molecule has 3 nitrogen and oxygen atoms in total. The topological polar surface area (TPSA) is 43.4 Å². The third-order valence-corrected chi connectivity index (χ3v) is 4.57. The molecule has 2 rings (SSSR count). The van der Waals surface area contributed by atoms with Crippen LogP contribution in [0.2, 0.25) is 0 Å². The van der Waals surface area contributed by atoms with Crippen LogP contribution >= 0.6 is 0 Å². The Kier molecular flexibility index (Phi) is 3.54. The molecule has 4 heteroatoms. The van der Waals surface area contributed by atoms with Gasteiger partial charge in [-0.25, -0.2) is 0 Å². The van der Waals surface area contributed by atoms with Gasteiger partial charge in [0.05, 0.1) is 12.9 Å². The molecule has 0 N–H and O–H groups in total. The minimum absolute atomic E-state index is 0.0832. The van der Waals surface area contributed by atoms with Crippen molar-refractivity contribution in [2.24, 2.45) is 5.92 Å². The molecule has 0 radical (unpaired) electrons. The van der Waals surface area contributed by atoms with Crippen LogP contribution in [0.1, 0.15) is 29.9 Å². The van der Waals surface area contributed by atoms with Crippen LogP contribution in [0.4, 0.5) is 0 Å². The summed E-state index contributed by atoms with van der Waals surface area (Å²) < 4.78 is 27.7. The summed E-state index contributed by atoms with van der Waals surface area (Å²) in [6, 6.07) is 8.10. The molecule has 1 atom stereocenters. The summed E-state index contributed by atoms with van der Waals surface area (Å²) >= 11 is 0. The Morgan fingerprint density at radius 2 is 2.12 bits per heavy atom. The van der Waals surface area contributed by atoms with Crippen LogP contribution in [0.5, 0.6) is 0 Å². The summed E-state index contributed by atoms with van der Waals surface area (Å²) in [7, 11) is -2.15. The van der Waals surface area contributed by atoms with Crippen molar-refractivity contribution in [1.82, 2.24) is 0 Å². The van der Waals surface area contributed by atoms with Crippen molar-refractivity contribution in [2.75, 3.05) is 12.9 Å². The van der Waals surface area contributed by atoms with Crippen molar-refractivity contribution in [3.05, 3.63) is 35.4 Å². The van der Waals surface area contributed by atoms with Gasteiger partial charge in [0.1, 0.15) is 0 Å². The van der Waals surface area contributed by atoms with Crippen molar-refractivity contribution in [3.8, 4) is 0 Å². The Morgan fingerprint density at radius 3 is 2.65 bits per heavy atom. The highest BCUT2D eigenvalue weighted by molar-refractivity contribution is 7.86. The first-order valence-electron chi connectivity index (χ1n) is 5.87. The van der Waals surface area contributed by atoms with Crippen LogP contribution in [-0.2, 0) is 14.3 Å². The fourth-order valence-corrected chi connectivity index (χ4v) is 3.23. The van der Waals surface area contributed by atoms with Gasteiger partial charge in [-0.2, -0.15) is 8.42 Å². The van der Waals surface area contributed by atoms with Gasteiger partial charge in [0, 0.05) is 5.92 Å². The minimum Gasteiger partial charge on any atom is -0.273 e. The van der Waals surface area contributed by atoms with Crippen LogP contribution in [0.25, 0.3) is 0 Å². The van der Waals surface area contributed by atoms with E-state index >= 15 is 0 Å². The van der Waals surface area contributed by atoms with Crippen LogP contribution in [-0.4, -0.2) is 21.3 Å². The van der Waals surface area contributed by atoms with Crippen LogP contribution in [0.15, 0.2) is 24.3 Å². The van der Waals surface area contributed by atoms with E-state index < -0.39 is 10.1 Å². The first-order chi connectivity index (χ1) is 8.02. The number of hydrogen-bond acceptors (Lipinski definition) is 3. The molecule has 17 heavy (non-hydrogen) atoms. The molecule has 1 aliphatic carbocycles. The molecule has 1 saturated carbocycles. The van der Waals surface area contributed by atoms with E-state index in [1.165, 1.54) is 12.7 Å². The molecule has 0 aromatic heterocycles. The molecule has 0 spiro atoms. The first kappa shape index (κ1) is 12.6. The highest BCUT2D eigenvalue weighted by Gasteiger charge is 2.35. The molecule has 1 fully saturated rings. The van der Waals surface area contributed by atoms with Crippen LogP contribution < -0.4 is 0 Å². The molecule has 94 valence electrons. The quantitative estimate of drug-likeness (QED) is 0.758. The Balaban J connectivity index is 2.24. The molecule has 1 unspecified atom stereocenters. The highest BCUT2D eigenvalue weighted by Crippen LogP contribution is 2.43. The van der Waals surface area contributed by atoms with Gasteiger partial charge in [-0.05, 0) is 31.2 Å². The Labute approximate surface area is 103 Å². The summed E-state index contributed by atoms with van der Waals surface area (Å²) in [5.74, 6) is 0.680. The predicted octanol–water partition coefficient (Wildman–Crippen LogP) is 2.46. The number of aryl methyl sites for hydroxylation is 1. The summed E-state index contributed by atoms with van der Waals surface area (Å²) in [5, 5.41) is 0. The zero-order chi connectivity index (χ0) is 12.5. The maximum atomic E-state index is 11.6. The van der Waals surface area contributed by atoms with Crippen molar-refractivity contribution in [3.63, 3.8) is 0 Å². The molecular formula is C13H18O3S. The first-order valence-corrected chi connectivity index (χ1v) is 7.44. The lowest BCUT2D eigenvalue weighted by Crippen LogP contribution is -2.17. The van der Waals surface area contributed by atoms with Gasteiger partial charge in [-0.15, -0.1) is 0 Å². The lowest BCUT2D eigenvalue weighted by molar-refractivity contribution is 0.392. The highest BCUT2D eigenvalue weighted by atomic mass is 32.2. The largest absolute Gasteiger partial charge is 0.273 e. The van der Waals surface area contributed by atoms with E-state index in [0.29, 0.717) is 5.92 Å². The number of benzene rings is 1. The second-order valence-electron chi connectivity index (χ2n) is 4.75. The van der Waals surface area contributed by atoms with Gasteiger partial charge in [0.15, 0.2) is 0 Å². The van der Waals surface area contributed by atoms with Gasteiger partial charge in [-0.1, -0.05) is 29.8 Å². The average molecular weight is 254 g/mol. The third-order valence-electron chi connectivity index (χ3n) is 3.30. The van der Waals surface area contributed by atoms with Gasteiger partial charge in [-0.3, -0.25) is 4.18 Å². The molecule has 1 aliphatic rings. The molecule has 0 heterocycles.